The van der Waals surface area contributed by atoms with Crippen LogP contribution in [0.3, 0.4) is 0 Å². The molecule has 2 N–H and O–H groups in total. The summed E-state index contributed by atoms with van der Waals surface area (Å²) in [5.41, 5.74) is 2.76. The molecule has 108 valence electrons. The van der Waals surface area contributed by atoms with E-state index in [-0.39, 0.29) is 11.5 Å². The van der Waals surface area contributed by atoms with Crippen LogP contribution in [0.1, 0.15) is 28.4 Å². The Bertz CT molecular complexity index is 674. The quantitative estimate of drug-likeness (QED) is 0.514. The van der Waals surface area contributed by atoms with Gasteiger partial charge in [0.1, 0.15) is 5.82 Å². The Morgan fingerprint density at radius 3 is 2.38 bits per heavy atom. The van der Waals surface area contributed by atoms with E-state index in [4.69, 9.17) is 5.21 Å². The van der Waals surface area contributed by atoms with E-state index in [0.29, 0.717) is 17.0 Å². The summed E-state index contributed by atoms with van der Waals surface area (Å²) in [6.07, 6.45) is 0. The molecule has 0 aromatic heterocycles. The van der Waals surface area contributed by atoms with Crippen LogP contribution >= 0.6 is 0 Å². The van der Waals surface area contributed by atoms with Gasteiger partial charge < -0.3 is 10.5 Å². The predicted octanol–water partition coefficient (Wildman–Crippen LogP) is 3.58. The van der Waals surface area contributed by atoms with Crippen molar-refractivity contribution < 1.29 is 14.4 Å². The van der Waals surface area contributed by atoms with Crippen molar-refractivity contribution in [2.75, 3.05) is 5.32 Å². The van der Waals surface area contributed by atoms with Crippen LogP contribution in [0.4, 0.5) is 10.1 Å². The second-order valence-corrected chi connectivity index (χ2v) is 4.73. The van der Waals surface area contributed by atoms with Crippen molar-refractivity contribution in [2.45, 2.75) is 13.8 Å². The molecular weight excluding hydrogens is 271 g/mol. The lowest BCUT2D eigenvalue weighted by Gasteiger charge is -2.07. The molecule has 0 saturated carbocycles. The molecule has 1 amide bonds. The average Bonchev–Trinajstić information content (AvgIpc) is 2.46. The molecule has 21 heavy (non-hydrogen) atoms. The summed E-state index contributed by atoms with van der Waals surface area (Å²) < 4.78 is 13.3. The van der Waals surface area contributed by atoms with Gasteiger partial charge in [-0.1, -0.05) is 17.3 Å². The monoisotopic (exact) mass is 286 g/mol. The lowest BCUT2D eigenvalue weighted by molar-refractivity contribution is 0.102. The minimum absolute atomic E-state index is 0.268. The number of hydrogen-bond donors (Lipinski definition) is 2. The van der Waals surface area contributed by atoms with Crippen LogP contribution in [0.25, 0.3) is 0 Å². The number of carbonyl (C=O) groups excluding carboxylic acids is 1. The number of nitrogens with zero attached hydrogens (tertiary/aromatic N) is 1. The minimum Gasteiger partial charge on any atom is -0.411 e. The van der Waals surface area contributed by atoms with Gasteiger partial charge in [-0.3, -0.25) is 4.79 Å². The molecule has 0 fully saturated rings. The Labute approximate surface area is 121 Å². The predicted molar refractivity (Wildman–Crippen MR) is 79.5 cm³/mol. The van der Waals surface area contributed by atoms with Crippen LogP contribution in [0.15, 0.2) is 47.6 Å². The number of benzene rings is 2. The zero-order chi connectivity index (χ0) is 15.4. The van der Waals surface area contributed by atoms with Crippen molar-refractivity contribution in [1.29, 1.82) is 0 Å². The summed E-state index contributed by atoms with van der Waals surface area (Å²) in [5, 5.41) is 14.5. The fourth-order valence-corrected chi connectivity index (χ4v) is 1.92. The van der Waals surface area contributed by atoms with Gasteiger partial charge in [0.15, 0.2) is 0 Å². The maximum Gasteiger partial charge on any atom is 0.255 e. The lowest BCUT2D eigenvalue weighted by atomic mass is 10.1. The highest BCUT2D eigenvalue weighted by molar-refractivity contribution is 6.05. The van der Waals surface area contributed by atoms with Crippen LogP contribution in [-0.4, -0.2) is 16.8 Å². The highest BCUT2D eigenvalue weighted by atomic mass is 19.1. The first-order valence-corrected chi connectivity index (χ1v) is 6.37. The van der Waals surface area contributed by atoms with Crippen molar-refractivity contribution in [3.63, 3.8) is 0 Å². The van der Waals surface area contributed by atoms with Crippen molar-refractivity contribution in [3.8, 4) is 0 Å². The zero-order valence-corrected chi connectivity index (χ0v) is 11.7. The number of halogens is 1. The normalized spacial score (nSPS) is 11.3. The van der Waals surface area contributed by atoms with Gasteiger partial charge >= 0.3 is 0 Å². The molecule has 0 spiro atoms. The van der Waals surface area contributed by atoms with Gasteiger partial charge in [0.2, 0.25) is 0 Å². The Morgan fingerprint density at radius 1 is 1.14 bits per heavy atom. The molecule has 5 heteroatoms. The summed E-state index contributed by atoms with van der Waals surface area (Å²) in [6.45, 7) is 3.40. The summed E-state index contributed by atoms with van der Waals surface area (Å²) >= 11 is 0. The Kier molecular flexibility index (Phi) is 4.33. The van der Waals surface area contributed by atoms with Gasteiger partial charge in [0.05, 0.1) is 5.71 Å². The second-order valence-electron chi connectivity index (χ2n) is 4.73. The molecule has 2 aromatic rings. The number of hydrogen-bond acceptors (Lipinski definition) is 3. The fraction of sp³-hybridized carbons (Fsp3) is 0.125. The first-order valence-electron chi connectivity index (χ1n) is 6.37. The standard InChI is InChI=1S/C16H15FN2O2/c1-10-7-13(9-14(17)8-10)16(20)18-15-5-3-12(4-6-15)11(2)19-21/h3-9,21H,1-2H3,(H,18,20)/b19-11-. The van der Waals surface area contributed by atoms with E-state index in [9.17, 15) is 9.18 Å². The van der Waals surface area contributed by atoms with E-state index < -0.39 is 5.82 Å². The molecular formula is C16H15FN2O2. The average molecular weight is 286 g/mol. The number of nitrogens with one attached hydrogen (secondary N) is 1. The summed E-state index contributed by atoms with van der Waals surface area (Å²) in [4.78, 5) is 12.1. The van der Waals surface area contributed by atoms with Gasteiger partial charge in [-0.25, -0.2) is 4.39 Å². The molecule has 0 bridgehead atoms. The fourth-order valence-electron chi connectivity index (χ4n) is 1.92. The van der Waals surface area contributed by atoms with Crippen molar-refractivity contribution in [1.82, 2.24) is 0 Å². The summed E-state index contributed by atoms with van der Waals surface area (Å²) in [6, 6.07) is 11.0. The molecule has 4 nitrogen and oxygen atoms in total. The smallest absolute Gasteiger partial charge is 0.255 e. The van der Waals surface area contributed by atoms with Crippen molar-refractivity contribution in [3.05, 3.63) is 65.0 Å². The number of anilines is 1. The third-order valence-electron chi connectivity index (χ3n) is 3.01. The SMILES string of the molecule is C/C(=N/O)c1ccc(NC(=O)c2cc(C)cc(F)c2)cc1. The van der Waals surface area contributed by atoms with Crippen LogP contribution in [0.5, 0.6) is 0 Å². The molecule has 2 rings (SSSR count). The first-order chi connectivity index (χ1) is 9.99. The first kappa shape index (κ1) is 14.7. The maximum atomic E-state index is 13.3. The highest BCUT2D eigenvalue weighted by Gasteiger charge is 2.08. The number of aryl methyl sites for hydroxylation is 1. The van der Waals surface area contributed by atoms with E-state index in [1.165, 1.54) is 12.1 Å². The van der Waals surface area contributed by atoms with Crippen LogP contribution in [0.2, 0.25) is 0 Å². The Balaban J connectivity index is 2.16. The van der Waals surface area contributed by atoms with E-state index in [1.54, 1.807) is 44.2 Å². The number of amides is 1. The molecule has 0 heterocycles. The molecule has 0 saturated heterocycles. The van der Waals surface area contributed by atoms with Crippen LogP contribution in [-0.2, 0) is 0 Å². The summed E-state index contributed by atoms with van der Waals surface area (Å²) in [5.74, 6) is -0.817. The Hall–Kier alpha value is -2.69. The highest BCUT2D eigenvalue weighted by Crippen LogP contribution is 2.14. The largest absolute Gasteiger partial charge is 0.411 e. The van der Waals surface area contributed by atoms with Gasteiger partial charge in [0.25, 0.3) is 5.91 Å². The van der Waals surface area contributed by atoms with Gasteiger partial charge in [-0.15, -0.1) is 0 Å². The van der Waals surface area contributed by atoms with Crippen LogP contribution < -0.4 is 5.32 Å². The topological polar surface area (TPSA) is 61.7 Å². The van der Waals surface area contributed by atoms with E-state index in [1.807, 2.05) is 0 Å². The zero-order valence-electron chi connectivity index (χ0n) is 11.7. The second kappa shape index (κ2) is 6.17. The maximum absolute atomic E-state index is 13.3. The van der Waals surface area contributed by atoms with Crippen LogP contribution in [0, 0.1) is 12.7 Å². The number of carbonyl (C=O) groups is 1. The third-order valence-corrected chi connectivity index (χ3v) is 3.01. The third kappa shape index (κ3) is 3.66. The lowest BCUT2D eigenvalue weighted by Crippen LogP contribution is -2.12. The molecule has 0 aliphatic carbocycles. The van der Waals surface area contributed by atoms with Gasteiger partial charge in [-0.05, 0) is 55.3 Å². The molecule has 0 radical (unpaired) electrons. The Morgan fingerprint density at radius 2 is 1.81 bits per heavy atom. The van der Waals surface area contributed by atoms with E-state index in [2.05, 4.69) is 10.5 Å². The van der Waals surface area contributed by atoms with Gasteiger partial charge in [0, 0.05) is 11.3 Å². The van der Waals surface area contributed by atoms with E-state index in [0.717, 1.165) is 5.56 Å². The molecule has 2 aromatic carbocycles. The minimum atomic E-state index is -0.440. The molecule has 0 unspecified atom stereocenters. The van der Waals surface area contributed by atoms with Crippen molar-refractivity contribution >= 4 is 17.3 Å². The molecule has 0 atom stereocenters. The van der Waals surface area contributed by atoms with Crippen molar-refractivity contribution in [2.24, 2.45) is 5.16 Å². The van der Waals surface area contributed by atoms with Gasteiger partial charge in [-0.2, -0.15) is 0 Å². The van der Waals surface area contributed by atoms with E-state index >= 15 is 0 Å². The summed E-state index contributed by atoms with van der Waals surface area (Å²) in [7, 11) is 0. The molecule has 0 aliphatic rings. The molecule has 0 aliphatic heterocycles. The number of oxime groups is 1. The number of rotatable bonds is 3.